The third kappa shape index (κ3) is 6.62. The third-order valence-corrected chi connectivity index (χ3v) is 2.71. The van der Waals surface area contributed by atoms with Crippen LogP contribution in [0.25, 0.3) is 0 Å². The molecule has 94 valence electrons. The first-order valence-corrected chi connectivity index (χ1v) is 6.14. The first-order valence-electron chi connectivity index (χ1n) is 6.14. The minimum absolute atomic E-state index is 0.0724. The van der Waals surface area contributed by atoms with Crippen molar-refractivity contribution in [1.82, 2.24) is 10.2 Å². The van der Waals surface area contributed by atoms with E-state index in [4.69, 9.17) is 0 Å². The van der Waals surface area contributed by atoms with E-state index in [1.165, 1.54) is 12.8 Å². The van der Waals surface area contributed by atoms with Gasteiger partial charge in [-0.25, -0.2) is 0 Å². The summed E-state index contributed by atoms with van der Waals surface area (Å²) in [6, 6.07) is 0. The lowest BCUT2D eigenvalue weighted by atomic mass is 10.1. The van der Waals surface area contributed by atoms with E-state index in [2.05, 4.69) is 11.9 Å². The molecule has 1 unspecified atom stereocenters. The molecule has 3 heteroatoms. The van der Waals surface area contributed by atoms with Crippen LogP contribution in [0.5, 0.6) is 0 Å². The number of unbranched alkanes of at least 4 members (excludes halogenated alkanes) is 3. The predicted octanol–water partition coefficient (Wildman–Crippen LogP) is 2.05. The minimum atomic E-state index is 0.0724. The van der Waals surface area contributed by atoms with Gasteiger partial charge in [0.05, 0.1) is 0 Å². The Kier molecular flexibility index (Phi) is 8.91. The maximum absolute atomic E-state index is 11.8. The Hall–Kier alpha value is -0.830. The molecule has 1 atom stereocenters. The Labute approximate surface area is 99.9 Å². The molecule has 0 aromatic heterocycles. The van der Waals surface area contributed by atoms with Crippen molar-refractivity contribution < 1.29 is 4.79 Å². The number of nitrogens with zero attached hydrogens (tertiary/aromatic N) is 1. The molecule has 0 aromatic rings. The van der Waals surface area contributed by atoms with Crippen LogP contribution in [-0.4, -0.2) is 38.0 Å². The highest BCUT2D eigenvalue weighted by Crippen LogP contribution is 2.04. The van der Waals surface area contributed by atoms with Crippen molar-refractivity contribution in [3.63, 3.8) is 0 Å². The number of nitrogens with one attached hydrogen (secondary N) is 1. The molecule has 0 heterocycles. The summed E-state index contributed by atoms with van der Waals surface area (Å²) in [5.74, 6) is 0.307. The van der Waals surface area contributed by atoms with E-state index in [0.717, 1.165) is 25.9 Å². The van der Waals surface area contributed by atoms with Crippen LogP contribution >= 0.6 is 0 Å². The SMILES string of the molecule is C=CCCCCCN(C)C(=O)C(C)CNC. The van der Waals surface area contributed by atoms with Gasteiger partial charge < -0.3 is 10.2 Å². The van der Waals surface area contributed by atoms with Gasteiger partial charge in [0, 0.05) is 26.1 Å². The number of hydrogen-bond donors (Lipinski definition) is 1. The molecule has 0 fully saturated rings. The third-order valence-electron chi connectivity index (χ3n) is 2.71. The summed E-state index contributed by atoms with van der Waals surface area (Å²) in [4.78, 5) is 13.7. The van der Waals surface area contributed by atoms with Gasteiger partial charge >= 0.3 is 0 Å². The maximum atomic E-state index is 11.8. The quantitative estimate of drug-likeness (QED) is 0.482. The van der Waals surface area contributed by atoms with E-state index < -0.39 is 0 Å². The number of carbonyl (C=O) groups excluding carboxylic acids is 1. The molecular weight excluding hydrogens is 200 g/mol. The minimum Gasteiger partial charge on any atom is -0.345 e. The number of carbonyl (C=O) groups is 1. The molecule has 3 nitrogen and oxygen atoms in total. The van der Waals surface area contributed by atoms with Crippen LogP contribution in [-0.2, 0) is 4.79 Å². The van der Waals surface area contributed by atoms with Crippen LogP contribution in [0.3, 0.4) is 0 Å². The summed E-state index contributed by atoms with van der Waals surface area (Å²) in [7, 11) is 3.76. The van der Waals surface area contributed by atoms with E-state index >= 15 is 0 Å². The fraction of sp³-hybridized carbons (Fsp3) is 0.769. The molecule has 1 amide bonds. The second kappa shape index (κ2) is 9.40. The van der Waals surface area contributed by atoms with Crippen LogP contribution in [0.2, 0.25) is 0 Å². The lowest BCUT2D eigenvalue weighted by Crippen LogP contribution is -2.36. The molecule has 0 aromatic carbocycles. The fourth-order valence-electron chi connectivity index (χ4n) is 1.69. The maximum Gasteiger partial charge on any atom is 0.226 e. The van der Waals surface area contributed by atoms with Gasteiger partial charge in [-0.15, -0.1) is 6.58 Å². The zero-order valence-corrected chi connectivity index (χ0v) is 11.0. The van der Waals surface area contributed by atoms with Crippen molar-refractivity contribution in [2.24, 2.45) is 5.92 Å². The Morgan fingerprint density at radius 2 is 2.12 bits per heavy atom. The largest absolute Gasteiger partial charge is 0.345 e. The summed E-state index contributed by atoms with van der Waals surface area (Å²) in [6.07, 6.45) is 6.46. The molecule has 0 spiro atoms. The lowest BCUT2D eigenvalue weighted by Gasteiger charge is -2.21. The van der Waals surface area contributed by atoms with Gasteiger partial charge in [-0.2, -0.15) is 0 Å². The van der Waals surface area contributed by atoms with Gasteiger partial charge in [0.2, 0.25) is 5.91 Å². The molecule has 0 aliphatic rings. The lowest BCUT2D eigenvalue weighted by molar-refractivity contribution is -0.133. The Morgan fingerprint density at radius 1 is 1.44 bits per heavy atom. The summed E-state index contributed by atoms with van der Waals surface area (Å²) in [5, 5.41) is 3.03. The molecule has 0 saturated heterocycles. The molecule has 0 aliphatic carbocycles. The zero-order valence-electron chi connectivity index (χ0n) is 11.0. The summed E-state index contributed by atoms with van der Waals surface area (Å²) in [5.41, 5.74) is 0. The van der Waals surface area contributed by atoms with Crippen molar-refractivity contribution in [1.29, 1.82) is 0 Å². The van der Waals surface area contributed by atoms with Gasteiger partial charge in [-0.3, -0.25) is 4.79 Å². The van der Waals surface area contributed by atoms with Crippen LogP contribution in [0.1, 0.15) is 32.6 Å². The average molecular weight is 226 g/mol. The molecule has 0 rings (SSSR count). The first-order chi connectivity index (χ1) is 7.63. The second-order valence-electron chi connectivity index (χ2n) is 4.36. The molecule has 0 aliphatic heterocycles. The van der Waals surface area contributed by atoms with E-state index in [-0.39, 0.29) is 11.8 Å². The Morgan fingerprint density at radius 3 is 2.69 bits per heavy atom. The van der Waals surface area contributed by atoms with E-state index in [0.29, 0.717) is 0 Å². The highest BCUT2D eigenvalue weighted by atomic mass is 16.2. The van der Waals surface area contributed by atoms with E-state index in [1.54, 1.807) is 0 Å². The van der Waals surface area contributed by atoms with Crippen molar-refractivity contribution in [3.8, 4) is 0 Å². The van der Waals surface area contributed by atoms with E-state index in [9.17, 15) is 4.79 Å². The Balaban J connectivity index is 3.66. The highest BCUT2D eigenvalue weighted by Gasteiger charge is 2.15. The summed E-state index contributed by atoms with van der Waals surface area (Å²) < 4.78 is 0. The van der Waals surface area contributed by atoms with Crippen molar-refractivity contribution >= 4 is 5.91 Å². The molecule has 0 bridgehead atoms. The van der Waals surface area contributed by atoms with Crippen molar-refractivity contribution in [2.45, 2.75) is 32.6 Å². The van der Waals surface area contributed by atoms with Crippen LogP contribution < -0.4 is 5.32 Å². The van der Waals surface area contributed by atoms with Crippen LogP contribution in [0.15, 0.2) is 12.7 Å². The van der Waals surface area contributed by atoms with Gasteiger partial charge in [-0.1, -0.05) is 19.4 Å². The topological polar surface area (TPSA) is 32.3 Å². The molecule has 16 heavy (non-hydrogen) atoms. The average Bonchev–Trinajstić information content (AvgIpc) is 2.27. The predicted molar refractivity (Wildman–Crippen MR) is 69.4 cm³/mol. The normalized spacial score (nSPS) is 12.2. The second-order valence-corrected chi connectivity index (χ2v) is 4.36. The van der Waals surface area contributed by atoms with E-state index in [1.807, 2.05) is 32.0 Å². The number of hydrogen-bond acceptors (Lipinski definition) is 2. The van der Waals surface area contributed by atoms with Crippen molar-refractivity contribution in [2.75, 3.05) is 27.2 Å². The van der Waals surface area contributed by atoms with Gasteiger partial charge in [0.1, 0.15) is 0 Å². The molecule has 1 N–H and O–H groups in total. The standard InChI is InChI=1S/C13H26N2O/c1-5-6-7-8-9-10-15(4)13(16)12(2)11-14-3/h5,12,14H,1,6-11H2,2-4H3. The first kappa shape index (κ1) is 15.2. The molecule has 0 saturated carbocycles. The van der Waals surface area contributed by atoms with Gasteiger partial charge in [0.25, 0.3) is 0 Å². The smallest absolute Gasteiger partial charge is 0.226 e. The number of amides is 1. The molecule has 0 radical (unpaired) electrons. The number of rotatable bonds is 9. The van der Waals surface area contributed by atoms with Crippen LogP contribution in [0.4, 0.5) is 0 Å². The van der Waals surface area contributed by atoms with Crippen molar-refractivity contribution in [3.05, 3.63) is 12.7 Å². The Bertz CT molecular complexity index is 204. The molecular formula is C13H26N2O. The fourth-order valence-corrected chi connectivity index (χ4v) is 1.69. The monoisotopic (exact) mass is 226 g/mol. The van der Waals surface area contributed by atoms with Gasteiger partial charge in [0.15, 0.2) is 0 Å². The number of allylic oxidation sites excluding steroid dienone is 1. The van der Waals surface area contributed by atoms with Gasteiger partial charge in [-0.05, 0) is 26.3 Å². The zero-order chi connectivity index (χ0) is 12.4. The van der Waals surface area contributed by atoms with Crippen LogP contribution in [0, 0.1) is 5.92 Å². The summed E-state index contributed by atoms with van der Waals surface area (Å²) in [6.45, 7) is 7.27. The highest BCUT2D eigenvalue weighted by molar-refractivity contribution is 5.78. The summed E-state index contributed by atoms with van der Waals surface area (Å²) >= 11 is 0.